The van der Waals surface area contributed by atoms with Crippen LogP contribution in [0.4, 0.5) is 0 Å². The maximum absolute atomic E-state index is 11.0. The van der Waals surface area contributed by atoms with Crippen molar-refractivity contribution in [1.82, 2.24) is 10.6 Å². The topological polar surface area (TPSA) is 78.4 Å². The first-order valence-electron chi connectivity index (χ1n) is 4.55. The van der Waals surface area contributed by atoms with Gasteiger partial charge in [0.25, 0.3) is 0 Å². The van der Waals surface area contributed by atoms with Crippen LogP contribution in [-0.2, 0) is 9.59 Å². The number of likely N-dealkylation sites (N-methyl/N-ethyl adjacent to an activating group) is 1. The number of carbonyl (C=O) groups excluding carboxylic acids is 2. The van der Waals surface area contributed by atoms with Gasteiger partial charge < -0.3 is 15.7 Å². The zero-order valence-electron chi connectivity index (χ0n) is 8.69. The predicted molar refractivity (Wildman–Crippen MR) is 61.0 cm³/mol. The lowest BCUT2D eigenvalue weighted by Crippen LogP contribution is -2.37. The van der Waals surface area contributed by atoms with Crippen LogP contribution in [0.3, 0.4) is 0 Å². The molecule has 5 nitrogen and oxygen atoms in total. The third kappa shape index (κ3) is 3.82. The maximum Gasteiger partial charge on any atom is 0.309 e. The van der Waals surface area contributed by atoms with Gasteiger partial charge in [-0.15, -0.1) is 11.8 Å². The van der Waals surface area contributed by atoms with Gasteiger partial charge in [0, 0.05) is 11.9 Å². The van der Waals surface area contributed by atoms with E-state index in [1.54, 1.807) is 24.3 Å². The largest absolute Gasteiger partial charge is 0.508 e. The number of phenolic OH excluding ortho intramolecular Hbond substituents is 1. The summed E-state index contributed by atoms with van der Waals surface area (Å²) in [6.45, 7) is 0. The van der Waals surface area contributed by atoms with Crippen LogP contribution in [0.15, 0.2) is 29.2 Å². The summed E-state index contributed by atoms with van der Waals surface area (Å²) in [5, 5.41) is 13.7. The zero-order chi connectivity index (χ0) is 12.0. The molecule has 3 N–H and O–H groups in total. The molecule has 0 bridgehead atoms. The number of thioether (sulfide) groups is 1. The quantitative estimate of drug-likeness (QED) is 0.403. The SMILES string of the molecule is CNC(=O)C(=O)NCSc1ccc(O)cc1. The fraction of sp³-hybridized carbons (Fsp3) is 0.200. The molecular formula is C10H12N2O3S. The van der Waals surface area contributed by atoms with Gasteiger partial charge in [-0.2, -0.15) is 0 Å². The van der Waals surface area contributed by atoms with E-state index in [0.717, 1.165) is 4.90 Å². The van der Waals surface area contributed by atoms with Crippen molar-refractivity contribution in [3.05, 3.63) is 24.3 Å². The minimum atomic E-state index is -0.661. The monoisotopic (exact) mass is 240 g/mol. The predicted octanol–water partition coefficient (Wildman–Crippen LogP) is 0.304. The number of hydrogen-bond donors (Lipinski definition) is 3. The summed E-state index contributed by atoms with van der Waals surface area (Å²) in [6.07, 6.45) is 0. The van der Waals surface area contributed by atoms with Gasteiger partial charge in [-0.1, -0.05) is 0 Å². The number of phenols is 1. The van der Waals surface area contributed by atoms with Crippen LogP contribution in [0.1, 0.15) is 0 Å². The minimum absolute atomic E-state index is 0.193. The third-order valence-electron chi connectivity index (χ3n) is 1.74. The second-order valence-electron chi connectivity index (χ2n) is 2.87. The molecular weight excluding hydrogens is 228 g/mol. The second-order valence-corrected chi connectivity index (χ2v) is 3.92. The van der Waals surface area contributed by atoms with E-state index in [1.165, 1.54) is 18.8 Å². The van der Waals surface area contributed by atoms with Crippen molar-refractivity contribution in [2.45, 2.75) is 4.90 Å². The molecule has 6 heteroatoms. The smallest absolute Gasteiger partial charge is 0.309 e. The first-order chi connectivity index (χ1) is 7.63. The van der Waals surface area contributed by atoms with Crippen molar-refractivity contribution < 1.29 is 14.7 Å². The number of nitrogens with one attached hydrogen (secondary N) is 2. The Bertz CT molecular complexity index is 378. The van der Waals surface area contributed by atoms with Crippen molar-refractivity contribution in [3.8, 4) is 5.75 Å². The van der Waals surface area contributed by atoms with E-state index in [0.29, 0.717) is 5.88 Å². The molecule has 16 heavy (non-hydrogen) atoms. The van der Waals surface area contributed by atoms with Gasteiger partial charge in [0.2, 0.25) is 0 Å². The highest BCUT2D eigenvalue weighted by molar-refractivity contribution is 7.99. The Labute approximate surface area is 97.2 Å². The highest BCUT2D eigenvalue weighted by Crippen LogP contribution is 2.19. The van der Waals surface area contributed by atoms with Crippen molar-refractivity contribution in [2.75, 3.05) is 12.9 Å². The number of rotatable bonds is 3. The Balaban J connectivity index is 2.33. The van der Waals surface area contributed by atoms with Gasteiger partial charge >= 0.3 is 11.8 Å². The normalized spacial score (nSPS) is 9.56. The van der Waals surface area contributed by atoms with E-state index in [-0.39, 0.29) is 5.75 Å². The van der Waals surface area contributed by atoms with Crippen LogP contribution in [0.25, 0.3) is 0 Å². The molecule has 0 spiro atoms. The van der Waals surface area contributed by atoms with E-state index in [1.807, 2.05) is 0 Å². The van der Waals surface area contributed by atoms with Crippen LogP contribution < -0.4 is 10.6 Å². The van der Waals surface area contributed by atoms with Crippen LogP contribution in [0.5, 0.6) is 5.75 Å². The molecule has 0 unspecified atom stereocenters. The first kappa shape index (κ1) is 12.4. The van der Waals surface area contributed by atoms with E-state index < -0.39 is 11.8 Å². The number of carbonyl (C=O) groups is 2. The molecule has 2 amide bonds. The molecule has 0 atom stereocenters. The summed E-state index contributed by atoms with van der Waals surface area (Å²) >= 11 is 1.36. The van der Waals surface area contributed by atoms with Crippen molar-refractivity contribution in [2.24, 2.45) is 0 Å². The van der Waals surface area contributed by atoms with Crippen LogP contribution in [0, 0.1) is 0 Å². The van der Waals surface area contributed by atoms with Gasteiger partial charge in [0.1, 0.15) is 5.75 Å². The standard InChI is InChI=1S/C10H12N2O3S/c1-11-9(14)10(15)12-6-16-8-4-2-7(13)3-5-8/h2-5,13H,6H2,1H3,(H,11,14)(H,12,15). The Morgan fingerprint density at radius 3 is 2.44 bits per heavy atom. The van der Waals surface area contributed by atoms with Gasteiger partial charge in [-0.25, -0.2) is 0 Å². The van der Waals surface area contributed by atoms with Crippen LogP contribution in [0.2, 0.25) is 0 Å². The second kappa shape index (κ2) is 6.02. The van der Waals surface area contributed by atoms with Gasteiger partial charge in [-0.3, -0.25) is 9.59 Å². The molecule has 0 saturated heterocycles. The van der Waals surface area contributed by atoms with Gasteiger partial charge in [-0.05, 0) is 24.3 Å². The maximum atomic E-state index is 11.0. The summed E-state index contributed by atoms with van der Waals surface area (Å²) in [6, 6.07) is 6.57. The van der Waals surface area contributed by atoms with Crippen LogP contribution >= 0.6 is 11.8 Å². The lowest BCUT2D eigenvalue weighted by Gasteiger charge is -2.03. The number of aromatic hydroxyl groups is 1. The summed E-state index contributed by atoms with van der Waals surface area (Å²) in [7, 11) is 1.40. The molecule has 0 aliphatic rings. The molecule has 0 radical (unpaired) electrons. The minimum Gasteiger partial charge on any atom is -0.508 e. The van der Waals surface area contributed by atoms with E-state index >= 15 is 0 Å². The molecule has 0 heterocycles. The van der Waals surface area contributed by atoms with Gasteiger partial charge in [0.15, 0.2) is 0 Å². The summed E-state index contributed by atoms with van der Waals surface area (Å²) in [4.78, 5) is 22.8. The summed E-state index contributed by atoms with van der Waals surface area (Å²) < 4.78 is 0. The zero-order valence-corrected chi connectivity index (χ0v) is 9.50. The first-order valence-corrected chi connectivity index (χ1v) is 5.54. The van der Waals surface area contributed by atoms with E-state index in [9.17, 15) is 9.59 Å². The van der Waals surface area contributed by atoms with Crippen molar-refractivity contribution in [3.63, 3.8) is 0 Å². The van der Waals surface area contributed by atoms with Crippen LogP contribution in [-0.4, -0.2) is 29.8 Å². The van der Waals surface area contributed by atoms with E-state index in [4.69, 9.17) is 5.11 Å². The molecule has 1 rings (SSSR count). The molecule has 0 saturated carbocycles. The summed E-state index contributed by atoms with van der Waals surface area (Å²) in [5.74, 6) is -0.823. The molecule has 1 aromatic rings. The molecule has 0 aliphatic carbocycles. The molecule has 0 fully saturated rings. The summed E-state index contributed by atoms with van der Waals surface area (Å²) in [5.41, 5.74) is 0. The number of hydrogen-bond acceptors (Lipinski definition) is 4. The Hall–Kier alpha value is -1.69. The number of amides is 2. The lowest BCUT2D eigenvalue weighted by atomic mass is 10.3. The van der Waals surface area contributed by atoms with E-state index in [2.05, 4.69) is 10.6 Å². The lowest BCUT2D eigenvalue weighted by molar-refractivity contribution is -0.138. The Morgan fingerprint density at radius 2 is 1.88 bits per heavy atom. The Morgan fingerprint density at radius 1 is 1.25 bits per heavy atom. The average Bonchev–Trinajstić information content (AvgIpc) is 2.30. The van der Waals surface area contributed by atoms with Crippen molar-refractivity contribution >= 4 is 23.6 Å². The third-order valence-corrected chi connectivity index (χ3v) is 2.64. The highest BCUT2D eigenvalue weighted by atomic mass is 32.2. The molecule has 0 aliphatic heterocycles. The van der Waals surface area contributed by atoms with Gasteiger partial charge in [0.05, 0.1) is 5.88 Å². The molecule has 1 aromatic carbocycles. The fourth-order valence-corrected chi connectivity index (χ4v) is 1.62. The highest BCUT2D eigenvalue weighted by Gasteiger charge is 2.09. The van der Waals surface area contributed by atoms with Crippen molar-refractivity contribution in [1.29, 1.82) is 0 Å². The average molecular weight is 240 g/mol. The number of benzene rings is 1. The molecule has 86 valence electrons. The Kier molecular flexibility index (Phi) is 4.65. The molecule has 0 aromatic heterocycles. The fourth-order valence-electron chi connectivity index (χ4n) is 0.921.